The van der Waals surface area contributed by atoms with Gasteiger partial charge in [0.25, 0.3) is 0 Å². The highest BCUT2D eigenvalue weighted by Gasteiger charge is 2.43. The van der Waals surface area contributed by atoms with Crippen molar-refractivity contribution < 1.29 is 4.79 Å². The summed E-state index contributed by atoms with van der Waals surface area (Å²) in [6, 6.07) is 16.8. The van der Waals surface area contributed by atoms with Crippen LogP contribution in [0.4, 0.5) is 0 Å². The quantitative estimate of drug-likeness (QED) is 0.208. The number of likely N-dealkylation sites (tertiary alicyclic amines) is 1. The first-order chi connectivity index (χ1) is 18.8. The van der Waals surface area contributed by atoms with E-state index in [1.54, 1.807) is 0 Å². The minimum atomic E-state index is -0.0940. The monoisotopic (exact) mass is 543 g/mol. The number of aryl methyl sites for hydroxylation is 1. The molecule has 2 aromatic carbocycles. The highest BCUT2D eigenvalue weighted by Crippen LogP contribution is 2.47. The Bertz CT molecular complexity index is 1240. The number of nitriles is 1. The fourth-order valence-electron chi connectivity index (χ4n) is 7.36. The van der Waals surface area contributed by atoms with Crippen molar-refractivity contribution in [1.82, 2.24) is 4.90 Å². The van der Waals surface area contributed by atoms with Crippen LogP contribution in [0.25, 0.3) is 0 Å². The number of carbonyl (C=O) groups is 1. The molecule has 5 atom stereocenters. The topological polar surface area (TPSA) is 56.5 Å². The molecule has 5 rings (SSSR count). The molecule has 2 saturated carbocycles. The maximum Gasteiger partial charge on any atom is 0.207 e. The Morgan fingerprint density at radius 1 is 1.03 bits per heavy atom. The number of benzene rings is 2. The predicted octanol–water partition coefficient (Wildman–Crippen LogP) is 8.45. The van der Waals surface area contributed by atoms with Crippen molar-refractivity contribution in [1.29, 1.82) is 5.26 Å². The fourth-order valence-corrected chi connectivity index (χ4v) is 7.49. The molecule has 4 nitrogen and oxygen atoms in total. The molecule has 5 heteroatoms. The standard InChI is InChI=1S/C34H42ClN3O/c1-23-7-4-5-9-28(23)30-16-17-31(30)33(37-22-36)38-20-18-25(8-6-19-34(38,2)3)32(39)21-26-12-15-29(26)24-10-13-27(35)14-11-24/h4-5,7,9-11,13-14,25-26,29-31H,6,8,12,15-21H2,1-3H3. The summed E-state index contributed by atoms with van der Waals surface area (Å²) in [6.07, 6.45) is 11.1. The van der Waals surface area contributed by atoms with Gasteiger partial charge in [0.1, 0.15) is 11.6 Å². The van der Waals surface area contributed by atoms with Crippen LogP contribution in [0.3, 0.4) is 0 Å². The Labute approximate surface area is 239 Å². The van der Waals surface area contributed by atoms with Gasteiger partial charge >= 0.3 is 0 Å². The third kappa shape index (κ3) is 5.94. The Morgan fingerprint density at radius 2 is 1.77 bits per heavy atom. The average molecular weight is 544 g/mol. The van der Waals surface area contributed by atoms with Crippen LogP contribution >= 0.6 is 11.6 Å². The number of halogens is 1. The molecule has 0 radical (unpaired) electrons. The second-order valence-electron chi connectivity index (χ2n) is 12.7. The van der Waals surface area contributed by atoms with Crippen LogP contribution in [-0.4, -0.2) is 28.6 Å². The summed E-state index contributed by atoms with van der Waals surface area (Å²) in [6.45, 7) is 7.54. The minimum absolute atomic E-state index is 0.0898. The van der Waals surface area contributed by atoms with Crippen LogP contribution in [0, 0.1) is 36.1 Å². The SMILES string of the molecule is Cc1ccccc1C1CCC1C(=NC#N)N1CCC(C(=O)CC2CCC2c2ccc(Cl)cc2)CCCC1(C)C. The molecule has 3 fully saturated rings. The number of rotatable bonds is 6. The maximum atomic E-state index is 13.6. The van der Waals surface area contributed by atoms with Gasteiger partial charge < -0.3 is 4.90 Å². The molecule has 0 aromatic heterocycles. The van der Waals surface area contributed by atoms with Crippen LogP contribution in [0.2, 0.25) is 5.02 Å². The molecule has 0 N–H and O–H groups in total. The third-order valence-electron chi connectivity index (χ3n) is 10.0. The van der Waals surface area contributed by atoms with E-state index in [0.29, 0.717) is 30.0 Å². The highest BCUT2D eigenvalue weighted by atomic mass is 35.5. The second-order valence-corrected chi connectivity index (χ2v) is 13.2. The molecule has 3 aliphatic rings. The lowest BCUT2D eigenvalue weighted by molar-refractivity contribution is -0.125. The fraction of sp³-hybridized carbons (Fsp3) is 0.559. The number of carbonyl (C=O) groups excluding carboxylic acids is 1. The number of hydrogen-bond donors (Lipinski definition) is 0. The van der Waals surface area contributed by atoms with E-state index in [1.165, 1.54) is 16.7 Å². The predicted molar refractivity (Wildman–Crippen MR) is 159 cm³/mol. The number of nitrogens with zero attached hydrogens (tertiary/aromatic N) is 3. The number of amidine groups is 1. The van der Waals surface area contributed by atoms with Crippen molar-refractivity contribution in [3.8, 4) is 6.19 Å². The summed E-state index contributed by atoms with van der Waals surface area (Å²) in [5.74, 6) is 3.04. The van der Waals surface area contributed by atoms with E-state index in [4.69, 9.17) is 11.6 Å². The molecule has 1 aliphatic heterocycles. The van der Waals surface area contributed by atoms with Gasteiger partial charge in [0.05, 0.1) is 0 Å². The largest absolute Gasteiger partial charge is 0.354 e. The lowest BCUT2D eigenvalue weighted by Gasteiger charge is -2.49. The summed E-state index contributed by atoms with van der Waals surface area (Å²) < 4.78 is 0. The Kier molecular flexibility index (Phi) is 8.48. The first kappa shape index (κ1) is 27.9. The molecule has 1 heterocycles. The van der Waals surface area contributed by atoms with E-state index in [-0.39, 0.29) is 17.4 Å². The third-order valence-corrected chi connectivity index (χ3v) is 10.3. The smallest absolute Gasteiger partial charge is 0.207 e. The minimum Gasteiger partial charge on any atom is -0.354 e. The number of aliphatic imine (C=N–C) groups is 1. The molecular formula is C34H42ClN3O. The number of ketones is 1. The van der Waals surface area contributed by atoms with Crippen molar-refractivity contribution >= 4 is 23.2 Å². The molecule has 1 saturated heterocycles. The van der Waals surface area contributed by atoms with Crippen LogP contribution in [0.1, 0.15) is 100 Å². The number of hydrogen-bond acceptors (Lipinski definition) is 3. The van der Waals surface area contributed by atoms with Gasteiger partial charge in [0.15, 0.2) is 0 Å². The van der Waals surface area contributed by atoms with E-state index < -0.39 is 0 Å². The zero-order valence-corrected chi connectivity index (χ0v) is 24.5. The summed E-state index contributed by atoms with van der Waals surface area (Å²) in [5, 5.41) is 10.5. The van der Waals surface area contributed by atoms with Gasteiger partial charge in [-0.05, 0) is 112 Å². The zero-order chi connectivity index (χ0) is 27.6. The number of Topliss-reactive ketones (excluding diaryl/α,β-unsaturated/α-hetero) is 1. The Morgan fingerprint density at radius 3 is 2.41 bits per heavy atom. The van der Waals surface area contributed by atoms with Gasteiger partial charge in [-0.1, -0.05) is 54.4 Å². The van der Waals surface area contributed by atoms with Gasteiger partial charge in [-0.25, -0.2) is 0 Å². The van der Waals surface area contributed by atoms with E-state index in [1.807, 2.05) is 12.1 Å². The van der Waals surface area contributed by atoms with Gasteiger partial charge in [0.2, 0.25) is 6.19 Å². The molecule has 5 unspecified atom stereocenters. The van der Waals surface area contributed by atoms with E-state index in [0.717, 1.165) is 68.8 Å². The Balaban J connectivity index is 1.28. The lowest BCUT2D eigenvalue weighted by Crippen LogP contribution is -2.54. The lowest BCUT2D eigenvalue weighted by atomic mass is 9.66. The molecule has 39 heavy (non-hydrogen) atoms. The molecular weight excluding hydrogens is 502 g/mol. The first-order valence-electron chi connectivity index (χ1n) is 14.9. The normalized spacial score (nSPS) is 28.8. The van der Waals surface area contributed by atoms with Gasteiger partial charge in [-0.2, -0.15) is 10.3 Å². The van der Waals surface area contributed by atoms with Gasteiger partial charge in [-0.15, -0.1) is 0 Å². The van der Waals surface area contributed by atoms with Crippen molar-refractivity contribution in [2.24, 2.45) is 22.7 Å². The van der Waals surface area contributed by atoms with E-state index in [9.17, 15) is 10.1 Å². The van der Waals surface area contributed by atoms with E-state index >= 15 is 0 Å². The van der Waals surface area contributed by atoms with Crippen molar-refractivity contribution in [3.63, 3.8) is 0 Å². The van der Waals surface area contributed by atoms with Crippen molar-refractivity contribution in [3.05, 3.63) is 70.2 Å². The van der Waals surface area contributed by atoms with Crippen molar-refractivity contribution in [2.45, 2.75) is 95.9 Å². The molecule has 206 valence electrons. The van der Waals surface area contributed by atoms with Gasteiger partial charge in [-0.3, -0.25) is 4.79 Å². The molecule has 0 spiro atoms. The molecule has 2 aromatic rings. The van der Waals surface area contributed by atoms with Crippen LogP contribution < -0.4 is 0 Å². The summed E-state index contributed by atoms with van der Waals surface area (Å²) in [7, 11) is 0. The van der Waals surface area contributed by atoms with E-state index in [2.05, 4.69) is 73.3 Å². The van der Waals surface area contributed by atoms with Gasteiger partial charge in [0, 0.05) is 35.4 Å². The summed E-state index contributed by atoms with van der Waals surface area (Å²) in [5.41, 5.74) is 3.92. The molecule has 0 amide bonds. The van der Waals surface area contributed by atoms with Crippen LogP contribution in [-0.2, 0) is 4.79 Å². The van der Waals surface area contributed by atoms with Crippen molar-refractivity contribution in [2.75, 3.05) is 6.54 Å². The zero-order valence-electron chi connectivity index (χ0n) is 23.7. The average Bonchev–Trinajstić information content (AvgIpc) is 2.86. The Hall–Kier alpha value is -2.64. The molecule has 2 aliphatic carbocycles. The maximum absolute atomic E-state index is 13.6. The molecule has 0 bridgehead atoms. The summed E-state index contributed by atoms with van der Waals surface area (Å²) >= 11 is 6.10. The first-order valence-corrected chi connectivity index (χ1v) is 15.2. The van der Waals surface area contributed by atoms with Crippen LogP contribution in [0.15, 0.2) is 53.5 Å². The highest BCUT2D eigenvalue weighted by molar-refractivity contribution is 6.30. The summed E-state index contributed by atoms with van der Waals surface area (Å²) in [4.78, 5) is 20.5. The van der Waals surface area contributed by atoms with Crippen LogP contribution in [0.5, 0.6) is 0 Å². The second kappa shape index (κ2) is 11.8.